The van der Waals surface area contributed by atoms with Gasteiger partial charge in [0.15, 0.2) is 5.76 Å². The molecule has 2 unspecified atom stereocenters. The minimum absolute atomic E-state index is 0.0702. The van der Waals surface area contributed by atoms with Gasteiger partial charge in [-0.05, 0) is 54.1 Å². The Morgan fingerprint density at radius 1 is 1.38 bits per heavy atom. The summed E-state index contributed by atoms with van der Waals surface area (Å²) in [5.41, 5.74) is 1.15. The van der Waals surface area contributed by atoms with E-state index in [1.165, 1.54) is 0 Å². The van der Waals surface area contributed by atoms with Crippen LogP contribution in [-0.2, 0) is 19.1 Å². The number of carbonyl (C=O) groups excluding carboxylic acids is 2. The van der Waals surface area contributed by atoms with E-state index < -0.39 is 6.29 Å². The van der Waals surface area contributed by atoms with Crippen molar-refractivity contribution in [3.05, 3.63) is 34.2 Å². The molecular weight excluding hydrogens is 392 g/mol. The fourth-order valence-corrected chi connectivity index (χ4v) is 4.29. The molecule has 0 spiro atoms. The van der Waals surface area contributed by atoms with Crippen LogP contribution < -0.4 is 5.32 Å². The maximum Gasteiger partial charge on any atom is 0.286 e. The summed E-state index contributed by atoms with van der Waals surface area (Å²) in [5.74, 6) is 0.314. The van der Waals surface area contributed by atoms with Crippen molar-refractivity contribution in [1.82, 2.24) is 10.2 Å². The first-order valence-corrected chi connectivity index (χ1v) is 11.3. The Balaban J connectivity index is 1.51. The van der Waals surface area contributed by atoms with Gasteiger partial charge in [-0.15, -0.1) is 0 Å². The lowest BCUT2D eigenvalue weighted by Gasteiger charge is -2.29. The van der Waals surface area contributed by atoms with E-state index in [1.54, 1.807) is 11.3 Å². The van der Waals surface area contributed by atoms with Crippen molar-refractivity contribution < 1.29 is 24.2 Å². The molecule has 8 heteroatoms. The Labute approximate surface area is 175 Å². The Bertz CT molecular complexity index is 691. The zero-order valence-corrected chi connectivity index (χ0v) is 17.5. The van der Waals surface area contributed by atoms with Gasteiger partial charge < -0.3 is 24.8 Å². The van der Waals surface area contributed by atoms with Crippen molar-refractivity contribution >= 4 is 23.2 Å². The Kier molecular flexibility index (Phi) is 8.52. The summed E-state index contributed by atoms with van der Waals surface area (Å²) in [6.45, 7) is 2.61. The summed E-state index contributed by atoms with van der Waals surface area (Å²) in [7, 11) is 0. The van der Waals surface area contributed by atoms with Gasteiger partial charge >= 0.3 is 0 Å². The lowest BCUT2D eigenvalue weighted by atomic mass is 9.95. The molecule has 3 rings (SSSR count). The van der Waals surface area contributed by atoms with Gasteiger partial charge in [0.05, 0.1) is 6.61 Å². The van der Waals surface area contributed by atoms with Crippen LogP contribution in [0.4, 0.5) is 0 Å². The number of thiophene rings is 1. The number of aliphatic hydroxyl groups is 1. The van der Waals surface area contributed by atoms with Gasteiger partial charge in [0, 0.05) is 45.0 Å². The Morgan fingerprint density at radius 3 is 3.00 bits per heavy atom. The molecule has 1 aromatic heterocycles. The van der Waals surface area contributed by atoms with E-state index >= 15 is 0 Å². The third-order valence-corrected chi connectivity index (χ3v) is 5.87. The van der Waals surface area contributed by atoms with E-state index in [-0.39, 0.29) is 30.1 Å². The smallest absolute Gasteiger partial charge is 0.286 e. The molecule has 0 aliphatic carbocycles. The lowest BCUT2D eigenvalue weighted by Crippen LogP contribution is -2.35. The largest absolute Gasteiger partial charge is 0.459 e. The van der Waals surface area contributed by atoms with Crippen LogP contribution in [0.1, 0.15) is 50.0 Å². The molecule has 1 aromatic rings. The summed E-state index contributed by atoms with van der Waals surface area (Å²) in [4.78, 5) is 26.1. The number of rotatable bonds is 11. The number of likely N-dealkylation sites (tertiary alicyclic amines) is 1. The molecule has 0 saturated carbocycles. The minimum atomic E-state index is -0.480. The number of nitrogens with one attached hydrogen (secondary N) is 1. The molecule has 2 N–H and O–H groups in total. The average molecular weight is 423 g/mol. The molecule has 0 radical (unpaired) electrons. The Hall–Kier alpha value is -1.90. The highest BCUT2D eigenvalue weighted by molar-refractivity contribution is 7.08. The summed E-state index contributed by atoms with van der Waals surface area (Å²) < 4.78 is 11.6. The van der Waals surface area contributed by atoms with Crippen LogP contribution in [0.25, 0.3) is 0 Å². The topological polar surface area (TPSA) is 88.1 Å². The van der Waals surface area contributed by atoms with Crippen LogP contribution in [0.2, 0.25) is 0 Å². The summed E-state index contributed by atoms with van der Waals surface area (Å²) in [6, 6.07) is 2.06. The van der Waals surface area contributed by atoms with Crippen molar-refractivity contribution in [2.24, 2.45) is 0 Å². The van der Waals surface area contributed by atoms with Gasteiger partial charge in [-0.1, -0.05) is 0 Å². The molecule has 1 saturated heterocycles. The molecule has 0 aromatic carbocycles. The van der Waals surface area contributed by atoms with E-state index in [0.717, 1.165) is 31.4 Å². The number of allylic oxidation sites excluding steroid dienone is 1. The molecule has 2 amide bonds. The molecule has 1 fully saturated rings. The standard InChI is InChI=1S/C21H30N2O5S/c24-10-1-2-11-27-20-14-17(16-6-12-29-15-16)13-18(28-20)21(26)22-7-4-9-23-8-3-5-19(23)25/h6,12-13,15,17,20,24H,1-5,7-11,14H2,(H,22,26). The fourth-order valence-electron chi connectivity index (χ4n) is 3.56. The number of carbonyl (C=O) groups is 2. The number of amides is 2. The second-order valence-electron chi connectivity index (χ2n) is 7.37. The van der Waals surface area contributed by atoms with E-state index in [4.69, 9.17) is 14.6 Å². The van der Waals surface area contributed by atoms with E-state index in [9.17, 15) is 9.59 Å². The number of aliphatic hydroxyl groups excluding tert-OH is 1. The highest BCUT2D eigenvalue weighted by atomic mass is 32.1. The minimum Gasteiger partial charge on any atom is -0.459 e. The normalized spacial score (nSPS) is 21.8. The van der Waals surface area contributed by atoms with Gasteiger partial charge in [0.25, 0.3) is 5.91 Å². The third-order valence-electron chi connectivity index (χ3n) is 5.17. The predicted octanol–water partition coefficient (Wildman–Crippen LogP) is 2.38. The molecule has 3 heterocycles. The molecule has 2 aliphatic heterocycles. The van der Waals surface area contributed by atoms with Crippen molar-refractivity contribution in [3.63, 3.8) is 0 Å². The van der Waals surface area contributed by atoms with Crippen LogP contribution in [0.3, 0.4) is 0 Å². The molecule has 29 heavy (non-hydrogen) atoms. The monoisotopic (exact) mass is 422 g/mol. The number of ether oxygens (including phenoxy) is 2. The average Bonchev–Trinajstić information content (AvgIpc) is 3.40. The van der Waals surface area contributed by atoms with Crippen molar-refractivity contribution in [2.75, 3.05) is 32.8 Å². The van der Waals surface area contributed by atoms with Gasteiger partial charge in [-0.25, -0.2) is 0 Å². The predicted molar refractivity (Wildman–Crippen MR) is 110 cm³/mol. The molecule has 2 atom stereocenters. The van der Waals surface area contributed by atoms with Crippen molar-refractivity contribution in [1.29, 1.82) is 0 Å². The first-order chi connectivity index (χ1) is 14.2. The van der Waals surface area contributed by atoms with E-state index in [0.29, 0.717) is 39.0 Å². The van der Waals surface area contributed by atoms with Crippen LogP contribution in [0.15, 0.2) is 28.7 Å². The van der Waals surface area contributed by atoms with Gasteiger partial charge in [0.2, 0.25) is 12.2 Å². The Morgan fingerprint density at radius 2 is 2.28 bits per heavy atom. The lowest BCUT2D eigenvalue weighted by molar-refractivity contribution is -0.146. The first-order valence-electron chi connectivity index (χ1n) is 10.4. The second-order valence-corrected chi connectivity index (χ2v) is 8.15. The first kappa shape index (κ1) is 21.8. The van der Waals surface area contributed by atoms with Crippen molar-refractivity contribution in [2.45, 2.75) is 50.7 Å². The highest BCUT2D eigenvalue weighted by Gasteiger charge is 2.29. The quantitative estimate of drug-likeness (QED) is 0.535. The fraction of sp³-hybridized carbons (Fsp3) is 0.619. The van der Waals surface area contributed by atoms with Crippen LogP contribution >= 0.6 is 11.3 Å². The molecule has 160 valence electrons. The molecular formula is C21H30N2O5S. The van der Waals surface area contributed by atoms with Gasteiger partial charge in [-0.2, -0.15) is 11.3 Å². The van der Waals surface area contributed by atoms with E-state index in [1.807, 2.05) is 16.4 Å². The third kappa shape index (κ3) is 6.55. The SMILES string of the molecule is O=C(NCCCN1CCCC1=O)C1=CC(c2ccsc2)CC(OCCCCO)O1. The number of nitrogens with zero attached hydrogens (tertiary/aromatic N) is 1. The van der Waals surface area contributed by atoms with Gasteiger partial charge in [-0.3, -0.25) is 9.59 Å². The van der Waals surface area contributed by atoms with Crippen LogP contribution in [-0.4, -0.2) is 61.0 Å². The summed E-state index contributed by atoms with van der Waals surface area (Å²) >= 11 is 1.63. The van der Waals surface area contributed by atoms with E-state index in [2.05, 4.69) is 16.8 Å². The number of hydrogen-bond acceptors (Lipinski definition) is 6. The van der Waals surface area contributed by atoms with Crippen LogP contribution in [0.5, 0.6) is 0 Å². The van der Waals surface area contributed by atoms with Crippen LogP contribution in [0, 0.1) is 0 Å². The summed E-state index contributed by atoms with van der Waals surface area (Å²) in [5, 5.41) is 15.9. The molecule has 0 bridgehead atoms. The maximum absolute atomic E-state index is 12.6. The zero-order chi connectivity index (χ0) is 20.5. The molecule has 7 nitrogen and oxygen atoms in total. The van der Waals surface area contributed by atoms with Gasteiger partial charge in [0.1, 0.15) is 0 Å². The van der Waals surface area contributed by atoms with Crippen molar-refractivity contribution in [3.8, 4) is 0 Å². The zero-order valence-electron chi connectivity index (χ0n) is 16.7. The number of hydrogen-bond donors (Lipinski definition) is 2. The highest BCUT2D eigenvalue weighted by Crippen LogP contribution is 2.32. The summed E-state index contributed by atoms with van der Waals surface area (Å²) in [6.07, 6.45) is 5.76. The molecule has 2 aliphatic rings. The second kappa shape index (κ2) is 11.3. The number of unbranched alkanes of at least 4 members (excludes halogenated alkanes) is 1. The maximum atomic E-state index is 12.6.